The van der Waals surface area contributed by atoms with Crippen LogP contribution in [-0.4, -0.2) is 35.3 Å². The van der Waals surface area contributed by atoms with E-state index in [0.717, 1.165) is 18.8 Å². The van der Waals surface area contributed by atoms with E-state index in [4.69, 9.17) is 0 Å². The van der Waals surface area contributed by atoms with E-state index >= 15 is 0 Å². The maximum absolute atomic E-state index is 11.9. The first-order valence-electron chi connectivity index (χ1n) is 7.06. The van der Waals surface area contributed by atoms with Gasteiger partial charge in [0.1, 0.15) is 0 Å². The van der Waals surface area contributed by atoms with Crippen molar-refractivity contribution >= 4 is 11.8 Å². The normalized spacial score (nSPS) is 22.1. The third-order valence-electron chi connectivity index (χ3n) is 3.46. The average Bonchev–Trinajstić information content (AvgIpc) is 2.53. The first-order valence-corrected chi connectivity index (χ1v) is 7.06. The monoisotopic (exact) mass is 254 g/mol. The number of carbonyl (C=O) groups excluding carboxylic acids is 2. The van der Waals surface area contributed by atoms with Crippen molar-refractivity contribution < 1.29 is 9.59 Å². The number of likely N-dealkylation sites (N-methyl/N-ethyl adjacent to an activating group) is 1. The van der Waals surface area contributed by atoms with Gasteiger partial charge in [-0.2, -0.15) is 0 Å². The van der Waals surface area contributed by atoms with E-state index in [1.54, 1.807) is 0 Å². The predicted octanol–water partition coefficient (Wildman–Crippen LogP) is 1.94. The topological polar surface area (TPSA) is 49.4 Å². The molecule has 0 radical (unpaired) electrons. The summed E-state index contributed by atoms with van der Waals surface area (Å²) < 4.78 is 0. The number of carbonyl (C=O) groups is 2. The summed E-state index contributed by atoms with van der Waals surface area (Å²) in [6.07, 6.45) is 3.76. The molecule has 0 aromatic heterocycles. The average molecular weight is 254 g/mol. The van der Waals surface area contributed by atoms with Crippen molar-refractivity contribution in [2.45, 2.75) is 65.5 Å². The lowest BCUT2D eigenvalue weighted by molar-refractivity contribution is -0.138. The van der Waals surface area contributed by atoms with E-state index in [2.05, 4.69) is 26.1 Å². The number of amides is 2. The van der Waals surface area contributed by atoms with E-state index in [9.17, 15) is 9.59 Å². The molecule has 0 spiro atoms. The minimum Gasteiger partial charge on any atom is -0.303 e. The van der Waals surface area contributed by atoms with Crippen LogP contribution in [0.1, 0.15) is 53.4 Å². The molecular formula is C14H26N2O2. The zero-order chi connectivity index (χ0) is 13.7. The van der Waals surface area contributed by atoms with E-state index in [1.165, 1.54) is 11.3 Å². The van der Waals surface area contributed by atoms with Gasteiger partial charge in [0.25, 0.3) is 0 Å². The van der Waals surface area contributed by atoms with E-state index in [-0.39, 0.29) is 17.9 Å². The fraction of sp³-hybridized carbons (Fsp3) is 0.857. The molecule has 18 heavy (non-hydrogen) atoms. The van der Waals surface area contributed by atoms with E-state index in [0.29, 0.717) is 19.0 Å². The highest BCUT2D eigenvalue weighted by atomic mass is 16.2. The zero-order valence-corrected chi connectivity index (χ0v) is 12.0. The molecule has 1 saturated heterocycles. The second-order valence-corrected chi connectivity index (χ2v) is 5.63. The van der Waals surface area contributed by atoms with Crippen LogP contribution < -0.4 is 5.32 Å². The van der Waals surface area contributed by atoms with Crippen LogP contribution in [-0.2, 0) is 9.59 Å². The van der Waals surface area contributed by atoms with Gasteiger partial charge in [0.05, 0.1) is 12.5 Å². The van der Waals surface area contributed by atoms with Gasteiger partial charge in [-0.05, 0) is 26.2 Å². The lowest BCUT2D eigenvalue weighted by Crippen LogP contribution is -2.42. The number of imide groups is 1. The molecule has 1 aliphatic heterocycles. The summed E-state index contributed by atoms with van der Waals surface area (Å²) in [6.45, 7) is 8.85. The SMILES string of the molecule is CCN1C(=O)CC(NC(C)CCCC(C)C)C1=O. The Morgan fingerprint density at radius 3 is 2.44 bits per heavy atom. The molecule has 1 N–H and O–H groups in total. The summed E-state index contributed by atoms with van der Waals surface area (Å²) in [7, 11) is 0. The van der Waals surface area contributed by atoms with Gasteiger partial charge < -0.3 is 5.32 Å². The third kappa shape index (κ3) is 4.09. The smallest absolute Gasteiger partial charge is 0.246 e. The van der Waals surface area contributed by atoms with E-state index in [1.807, 2.05) is 6.92 Å². The lowest BCUT2D eigenvalue weighted by atomic mass is 10.0. The Bertz CT molecular complexity index is 302. The Kier molecular flexibility index (Phi) is 5.79. The Hall–Kier alpha value is -0.900. The maximum Gasteiger partial charge on any atom is 0.246 e. The largest absolute Gasteiger partial charge is 0.303 e. The first kappa shape index (κ1) is 15.2. The molecule has 4 heteroatoms. The van der Waals surface area contributed by atoms with Crippen LogP contribution >= 0.6 is 0 Å². The third-order valence-corrected chi connectivity index (χ3v) is 3.46. The molecule has 0 bridgehead atoms. The van der Waals surface area contributed by atoms with Crippen molar-refractivity contribution in [3.63, 3.8) is 0 Å². The minimum absolute atomic E-state index is 0.0469. The summed E-state index contributed by atoms with van der Waals surface area (Å²) in [5.74, 6) is 0.620. The van der Waals surface area contributed by atoms with Crippen molar-refractivity contribution in [3.8, 4) is 0 Å². The highest BCUT2D eigenvalue weighted by molar-refractivity contribution is 6.05. The van der Waals surface area contributed by atoms with Crippen LogP contribution in [0.4, 0.5) is 0 Å². The van der Waals surface area contributed by atoms with Gasteiger partial charge >= 0.3 is 0 Å². The number of hydrogen-bond acceptors (Lipinski definition) is 3. The van der Waals surface area contributed by atoms with Crippen LogP contribution in [0, 0.1) is 5.92 Å². The second-order valence-electron chi connectivity index (χ2n) is 5.63. The van der Waals surface area contributed by atoms with Gasteiger partial charge in [0.2, 0.25) is 11.8 Å². The van der Waals surface area contributed by atoms with E-state index < -0.39 is 0 Å². The van der Waals surface area contributed by atoms with Crippen LogP contribution in [0.3, 0.4) is 0 Å². The highest BCUT2D eigenvalue weighted by Crippen LogP contribution is 2.15. The van der Waals surface area contributed by atoms with Crippen molar-refractivity contribution in [3.05, 3.63) is 0 Å². The van der Waals surface area contributed by atoms with Crippen molar-refractivity contribution in [1.82, 2.24) is 10.2 Å². The number of hydrogen-bond donors (Lipinski definition) is 1. The Morgan fingerprint density at radius 2 is 1.94 bits per heavy atom. The maximum atomic E-state index is 11.9. The summed E-state index contributed by atoms with van der Waals surface area (Å²) in [5, 5.41) is 3.28. The molecule has 0 aromatic carbocycles. The molecule has 1 aliphatic rings. The molecule has 4 nitrogen and oxygen atoms in total. The van der Waals surface area contributed by atoms with Crippen LogP contribution in [0.15, 0.2) is 0 Å². The van der Waals surface area contributed by atoms with Crippen LogP contribution in [0.25, 0.3) is 0 Å². The lowest BCUT2D eigenvalue weighted by Gasteiger charge is -2.18. The Balaban J connectivity index is 2.34. The van der Waals surface area contributed by atoms with Crippen LogP contribution in [0.5, 0.6) is 0 Å². The summed E-state index contributed by atoms with van der Waals surface area (Å²) in [4.78, 5) is 24.8. The Morgan fingerprint density at radius 1 is 1.28 bits per heavy atom. The van der Waals surface area contributed by atoms with Gasteiger partial charge in [-0.25, -0.2) is 0 Å². The van der Waals surface area contributed by atoms with Crippen LogP contribution in [0.2, 0.25) is 0 Å². The van der Waals surface area contributed by atoms with Gasteiger partial charge in [0, 0.05) is 12.6 Å². The molecule has 1 fully saturated rings. The molecule has 2 amide bonds. The second kappa shape index (κ2) is 6.88. The number of nitrogens with zero attached hydrogens (tertiary/aromatic N) is 1. The van der Waals surface area contributed by atoms with Gasteiger partial charge in [0.15, 0.2) is 0 Å². The van der Waals surface area contributed by atoms with Gasteiger partial charge in [-0.1, -0.05) is 26.7 Å². The molecule has 104 valence electrons. The first-order chi connectivity index (χ1) is 8.45. The predicted molar refractivity (Wildman–Crippen MR) is 72.1 cm³/mol. The van der Waals surface area contributed by atoms with Crippen molar-refractivity contribution in [2.75, 3.05) is 6.54 Å². The fourth-order valence-electron chi connectivity index (χ4n) is 2.40. The summed E-state index contributed by atoms with van der Waals surface area (Å²) >= 11 is 0. The van der Waals surface area contributed by atoms with Crippen molar-refractivity contribution in [1.29, 1.82) is 0 Å². The Labute approximate surface area is 110 Å². The molecule has 1 heterocycles. The van der Waals surface area contributed by atoms with Gasteiger partial charge in [-0.3, -0.25) is 14.5 Å². The minimum atomic E-state index is -0.300. The molecule has 0 aromatic rings. The molecule has 2 atom stereocenters. The summed E-state index contributed by atoms with van der Waals surface area (Å²) in [6, 6.07) is -0.00574. The molecule has 2 unspecified atom stereocenters. The highest BCUT2D eigenvalue weighted by Gasteiger charge is 2.37. The fourth-order valence-corrected chi connectivity index (χ4v) is 2.40. The number of rotatable bonds is 7. The summed E-state index contributed by atoms with van der Waals surface area (Å²) in [5.41, 5.74) is 0. The standard InChI is InChI=1S/C14H26N2O2/c1-5-16-13(17)9-12(14(16)18)15-11(4)8-6-7-10(2)3/h10-12,15H,5-9H2,1-4H3. The number of nitrogens with one attached hydrogen (secondary N) is 1. The molecular weight excluding hydrogens is 228 g/mol. The quantitative estimate of drug-likeness (QED) is 0.706. The number of likely N-dealkylation sites (tertiary alicyclic amines) is 1. The molecule has 0 saturated carbocycles. The van der Waals surface area contributed by atoms with Gasteiger partial charge in [-0.15, -0.1) is 0 Å². The van der Waals surface area contributed by atoms with Crippen molar-refractivity contribution in [2.24, 2.45) is 5.92 Å². The molecule has 0 aliphatic carbocycles. The molecule has 1 rings (SSSR count). The zero-order valence-electron chi connectivity index (χ0n) is 12.0.